The van der Waals surface area contributed by atoms with Crippen molar-refractivity contribution in [1.29, 1.82) is 0 Å². The summed E-state index contributed by atoms with van der Waals surface area (Å²) in [6.45, 7) is 1.64. The molecule has 0 unspecified atom stereocenters. The highest BCUT2D eigenvalue weighted by molar-refractivity contribution is 6.05. The number of hydrazone groups is 1. The number of anilines is 1. The highest BCUT2D eigenvalue weighted by Gasteiger charge is 2.07. The van der Waals surface area contributed by atoms with Gasteiger partial charge in [-0.25, -0.2) is 5.43 Å². The van der Waals surface area contributed by atoms with Gasteiger partial charge < -0.3 is 10.1 Å². The lowest BCUT2D eigenvalue weighted by atomic mass is 10.1. The molecule has 0 saturated heterocycles. The number of hydrogen-bond donors (Lipinski definition) is 2. The fourth-order valence-electron chi connectivity index (χ4n) is 2.52. The Kier molecular flexibility index (Phi) is 6.73. The summed E-state index contributed by atoms with van der Waals surface area (Å²) in [7, 11) is 0. The number of nitrogens with one attached hydrogen (secondary N) is 2. The van der Waals surface area contributed by atoms with Gasteiger partial charge in [0.2, 0.25) is 0 Å². The van der Waals surface area contributed by atoms with Crippen molar-refractivity contribution < 1.29 is 14.3 Å². The summed E-state index contributed by atoms with van der Waals surface area (Å²) in [6, 6.07) is 25.3. The molecule has 146 valence electrons. The van der Waals surface area contributed by atoms with Crippen LogP contribution in [0.4, 0.5) is 5.69 Å². The van der Waals surface area contributed by atoms with Gasteiger partial charge in [0.05, 0.1) is 5.71 Å². The van der Waals surface area contributed by atoms with Crippen molar-refractivity contribution in [1.82, 2.24) is 5.43 Å². The molecule has 0 aliphatic rings. The molecule has 2 N–H and O–H groups in total. The van der Waals surface area contributed by atoms with E-state index in [1.165, 1.54) is 0 Å². The number of rotatable bonds is 7. The predicted octanol–water partition coefficient (Wildman–Crippen LogP) is 3.86. The molecule has 3 rings (SSSR count). The van der Waals surface area contributed by atoms with E-state index in [1.807, 2.05) is 48.5 Å². The van der Waals surface area contributed by atoms with E-state index >= 15 is 0 Å². The number of carbonyl (C=O) groups is 2. The Labute approximate surface area is 169 Å². The van der Waals surface area contributed by atoms with Gasteiger partial charge in [-0.3, -0.25) is 9.59 Å². The van der Waals surface area contributed by atoms with E-state index < -0.39 is 0 Å². The topological polar surface area (TPSA) is 79.8 Å². The molecule has 3 aromatic rings. The van der Waals surface area contributed by atoms with Gasteiger partial charge in [-0.05, 0) is 48.9 Å². The number of para-hydroxylation sites is 1. The third-order valence-electron chi connectivity index (χ3n) is 4.04. The monoisotopic (exact) mass is 387 g/mol. The van der Waals surface area contributed by atoms with Crippen LogP contribution in [-0.2, 0) is 4.79 Å². The second-order valence-electron chi connectivity index (χ2n) is 6.23. The summed E-state index contributed by atoms with van der Waals surface area (Å²) >= 11 is 0. The Morgan fingerprint density at radius 1 is 0.862 bits per heavy atom. The number of nitrogens with zero attached hydrogens (tertiary/aromatic N) is 1. The first-order chi connectivity index (χ1) is 14.1. The standard InChI is InChI=1S/C23H21N3O3/c1-17(25-26-22(27)16-29-21-13-6-3-7-14-21)19-11-8-12-20(15-19)24-23(28)18-9-4-2-5-10-18/h2-15H,16H2,1H3,(H,24,28)(H,26,27)/b25-17-. The molecule has 2 amide bonds. The fraction of sp³-hybridized carbons (Fsp3) is 0.0870. The maximum atomic E-state index is 12.3. The third kappa shape index (κ3) is 6.04. The van der Waals surface area contributed by atoms with Crippen LogP contribution in [0.3, 0.4) is 0 Å². The Bertz CT molecular complexity index is 1000. The zero-order chi connectivity index (χ0) is 20.5. The Morgan fingerprint density at radius 3 is 2.24 bits per heavy atom. The van der Waals surface area contributed by atoms with E-state index in [0.29, 0.717) is 22.7 Å². The minimum absolute atomic E-state index is 0.131. The Hall–Kier alpha value is -3.93. The summed E-state index contributed by atoms with van der Waals surface area (Å²) in [6.07, 6.45) is 0. The minimum atomic E-state index is -0.360. The Morgan fingerprint density at radius 2 is 1.52 bits per heavy atom. The number of carbonyl (C=O) groups excluding carboxylic acids is 2. The number of ether oxygens (including phenoxy) is 1. The zero-order valence-electron chi connectivity index (χ0n) is 16.0. The summed E-state index contributed by atoms with van der Waals surface area (Å²) in [5, 5.41) is 6.96. The molecule has 0 atom stereocenters. The molecule has 6 heteroatoms. The van der Waals surface area contributed by atoms with Crippen molar-refractivity contribution in [3.8, 4) is 5.75 Å². The van der Waals surface area contributed by atoms with Crippen molar-refractivity contribution >= 4 is 23.2 Å². The van der Waals surface area contributed by atoms with Crippen molar-refractivity contribution in [3.05, 3.63) is 96.1 Å². The second-order valence-corrected chi connectivity index (χ2v) is 6.23. The smallest absolute Gasteiger partial charge is 0.277 e. The lowest BCUT2D eigenvalue weighted by Crippen LogP contribution is -2.25. The SMILES string of the molecule is C/C(=N/NC(=O)COc1ccccc1)c1cccc(NC(=O)c2ccccc2)c1. The summed E-state index contributed by atoms with van der Waals surface area (Å²) in [5.74, 6) is 0.0654. The molecule has 6 nitrogen and oxygen atoms in total. The number of benzene rings is 3. The van der Waals surface area contributed by atoms with Crippen LogP contribution in [-0.4, -0.2) is 24.1 Å². The van der Waals surface area contributed by atoms with Crippen LogP contribution in [0, 0.1) is 0 Å². The highest BCUT2D eigenvalue weighted by atomic mass is 16.5. The summed E-state index contributed by atoms with van der Waals surface area (Å²) in [5.41, 5.74) is 5.08. The maximum Gasteiger partial charge on any atom is 0.277 e. The van der Waals surface area contributed by atoms with E-state index in [0.717, 1.165) is 5.56 Å². The molecule has 0 bridgehead atoms. The minimum Gasteiger partial charge on any atom is -0.484 e. The van der Waals surface area contributed by atoms with Crippen LogP contribution < -0.4 is 15.5 Å². The predicted molar refractivity (Wildman–Crippen MR) is 113 cm³/mol. The molecule has 0 heterocycles. The van der Waals surface area contributed by atoms with Gasteiger partial charge in [0.15, 0.2) is 6.61 Å². The number of amides is 2. The van der Waals surface area contributed by atoms with Crippen molar-refractivity contribution in [2.75, 3.05) is 11.9 Å². The van der Waals surface area contributed by atoms with Crippen molar-refractivity contribution in [2.45, 2.75) is 6.92 Å². The fourth-order valence-corrected chi connectivity index (χ4v) is 2.52. The van der Waals surface area contributed by atoms with Gasteiger partial charge in [0.25, 0.3) is 11.8 Å². The molecular formula is C23H21N3O3. The van der Waals surface area contributed by atoms with Crippen molar-refractivity contribution in [2.24, 2.45) is 5.10 Å². The van der Waals surface area contributed by atoms with Crippen LogP contribution in [0.5, 0.6) is 5.75 Å². The molecule has 0 radical (unpaired) electrons. The first-order valence-corrected chi connectivity index (χ1v) is 9.09. The highest BCUT2D eigenvalue weighted by Crippen LogP contribution is 2.13. The van der Waals surface area contributed by atoms with Gasteiger partial charge in [0.1, 0.15) is 5.75 Å². The van der Waals surface area contributed by atoms with Crippen LogP contribution in [0.25, 0.3) is 0 Å². The molecule has 0 fully saturated rings. The molecule has 3 aromatic carbocycles. The third-order valence-corrected chi connectivity index (χ3v) is 4.04. The van der Waals surface area contributed by atoms with E-state index in [4.69, 9.17) is 4.74 Å². The van der Waals surface area contributed by atoms with Gasteiger partial charge in [-0.15, -0.1) is 0 Å². The van der Waals surface area contributed by atoms with E-state index in [-0.39, 0.29) is 18.4 Å². The van der Waals surface area contributed by atoms with Gasteiger partial charge in [-0.2, -0.15) is 5.10 Å². The van der Waals surface area contributed by atoms with Crippen LogP contribution >= 0.6 is 0 Å². The summed E-state index contributed by atoms with van der Waals surface area (Å²) in [4.78, 5) is 24.2. The number of hydrogen-bond acceptors (Lipinski definition) is 4. The van der Waals surface area contributed by atoms with Crippen LogP contribution in [0.2, 0.25) is 0 Å². The molecule has 0 spiro atoms. The van der Waals surface area contributed by atoms with Gasteiger partial charge >= 0.3 is 0 Å². The van der Waals surface area contributed by atoms with Crippen molar-refractivity contribution in [3.63, 3.8) is 0 Å². The molecule has 29 heavy (non-hydrogen) atoms. The quantitative estimate of drug-likeness (QED) is 0.477. The molecular weight excluding hydrogens is 366 g/mol. The lowest BCUT2D eigenvalue weighted by molar-refractivity contribution is -0.123. The first-order valence-electron chi connectivity index (χ1n) is 9.09. The van der Waals surface area contributed by atoms with E-state index in [1.54, 1.807) is 43.3 Å². The van der Waals surface area contributed by atoms with Crippen LogP contribution in [0.1, 0.15) is 22.8 Å². The molecule has 0 aliphatic heterocycles. The van der Waals surface area contributed by atoms with Gasteiger partial charge in [-0.1, -0.05) is 48.5 Å². The van der Waals surface area contributed by atoms with Crippen LogP contribution in [0.15, 0.2) is 90.0 Å². The molecule has 0 saturated carbocycles. The normalized spacial score (nSPS) is 10.9. The maximum absolute atomic E-state index is 12.3. The second kappa shape index (κ2) is 9.85. The summed E-state index contributed by atoms with van der Waals surface area (Å²) < 4.78 is 5.38. The molecule has 0 aliphatic carbocycles. The van der Waals surface area contributed by atoms with Gasteiger partial charge in [0, 0.05) is 11.3 Å². The average Bonchev–Trinajstić information content (AvgIpc) is 2.77. The average molecular weight is 387 g/mol. The molecule has 0 aromatic heterocycles. The lowest BCUT2D eigenvalue weighted by Gasteiger charge is -2.08. The Balaban J connectivity index is 1.57. The van der Waals surface area contributed by atoms with E-state index in [2.05, 4.69) is 15.8 Å². The first kappa shape index (κ1) is 19.8. The zero-order valence-corrected chi connectivity index (χ0v) is 16.0. The van der Waals surface area contributed by atoms with E-state index in [9.17, 15) is 9.59 Å². The largest absolute Gasteiger partial charge is 0.484 e.